The lowest BCUT2D eigenvalue weighted by Crippen LogP contribution is -2.45. The maximum Gasteiger partial charge on any atom is 0.157 e. The number of aliphatic hydroxyl groups is 4. The molecule has 2 heterocycles. The highest BCUT2D eigenvalue weighted by Crippen LogP contribution is 2.60. The van der Waals surface area contributed by atoms with Crippen LogP contribution < -0.4 is 9.47 Å². The van der Waals surface area contributed by atoms with Gasteiger partial charge < -0.3 is 60.5 Å². The topological polar surface area (TPSA) is 221 Å². The van der Waals surface area contributed by atoms with Crippen molar-refractivity contribution in [3.8, 4) is 46.0 Å². The molecule has 3 aromatic rings. The second-order valence-corrected chi connectivity index (χ2v) is 12.8. The largest absolute Gasteiger partial charge is 0.507 e. The quantitative estimate of drug-likeness (QED) is 0.150. The number of hydrogen-bond acceptors (Lipinski definition) is 12. The van der Waals surface area contributed by atoms with Gasteiger partial charge in [0.2, 0.25) is 0 Å². The maximum atomic E-state index is 12.1. The van der Waals surface area contributed by atoms with Gasteiger partial charge in [0, 0.05) is 52.1 Å². The minimum atomic E-state index is -1.48. The molecule has 2 aliphatic heterocycles. The van der Waals surface area contributed by atoms with E-state index in [0.29, 0.717) is 5.57 Å². The molecule has 0 fully saturated rings. The lowest BCUT2D eigenvalue weighted by molar-refractivity contribution is -0.0200. The molecule has 12 nitrogen and oxygen atoms in total. The van der Waals surface area contributed by atoms with Crippen molar-refractivity contribution in [2.24, 2.45) is 0 Å². The molecule has 0 bridgehead atoms. The van der Waals surface area contributed by atoms with Crippen molar-refractivity contribution in [2.45, 2.75) is 83.2 Å². The van der Waals surface area contributed by atoms with E-state index in [9.17, 15) is 51.1 Å². The van der Waals surface area contributed by atoms with E-state index in [4.69, 9.17) is 9.47 Å². The molecule has 49 heavy (non-hydrogen) atoms. The van der Waals surface area contributed by atoms with E-state index in [-0.39, 0.29) is 69.4 Å². The van der Waals surface area contributed by atoms with E-state index in [2.05, 4.69) is 0 Å². The zero-order valence-corrected chi connectivity index (χ0v) is 27.7. The number of hydrogen-bond donors (Lipinski definition) is 10. The Bertz CT molecular complexity index is 1870. The Kier molecular flexibility index (Phi) is 9.33. The number of fused-ring (bicyclic) bond motifs is 2. The molecule has 1 aliphatic carbocycles. The highest BCUT2D eigenvalue weighted by molar-refractivity contribution is 5.65. The zero-order valence-electron chi connectivity index (χ0n) is 27.7. The summed E-state index contributed by atoms with van der Waals surface area (Å²) in [5.74, 6) is -4.13. The fourth-order valence-electron chi connectivity index (χ4n) is 7.04. The third-order valence-corrected chi connectivity index (χ3v) is 9.40. The third-order valence-electron chi connectivity index (χ3n) is 9.40. The second kappa shape index (κ2) is 13.0. The summed E-state index contributed by atoms with van der Waals surface area (Å²) in [7, 11) is 0. The van der Waals surface area contributed by atoms with E-state index < -0.39 is 64.5 Å². The molecule has 0 saturated heterocycles. The van der Waals surface area contributed by atoms with Gasteiger partial charge in [-0.05, 0) is 48.8 Å². The van der Waals surface area contributed by atoms with E-state index in [1.165, 1.54) is 30.4 Å². The first kappa shape index (κ1) is 35.1. The predicted molar refractivity (Wildman–Crippen MR) is 179 cm³/mol. The smallest absolute Gasteiger partial charge is 0.157 e. The van der Waals surface area contributed by atoms with Gasteiger partial charge in [-0.1, -0.05) is 39.8 Å². The summed E-state index contributed by atoms with van der Waals surface area (Å²) in [5, 5.41) is 108. The first-order chi connectivity index (χ1) is 23.1. The lowest BCUT2D eigenvalue weighted by Gasteiger charge is -2.46. The number of phenols is 6. The van der Waals surface area contributed by atoms with Gasteiger partial charge in [0.05, 0.1) is 6.10 Å². The molecule has 3 aliphatic rings. The Morgan fingerprint density at radius 1 is 0.714 bits per heavy atom. The van der Waals surface area contributed by atoms with Crippen molar-refractivity contribution >= 4 is 0 Å². The minimum absolute atomic E-state index is 0.0127. The van der Waals surface area contributed by atoms with Gasteiger partial charge >= 0.3 is 0 Å². The average molecular weight is 679 g/mol. The lowest BCUT2D eigenvalue weighted by atomic mass is 9.64. The summed E-state index contributed by atoms with van der Waals surface area (Å²) in [6.07, 6.45) is -0.705. The van der Waals surface area contributed by atoms with Gasteiger partial charge in [-0.25, -0.2) is 0 Å². The molecular formula is C37H42O12. The van der Waals surface area contributed by atoms with Crippen molar-refractivity contribution in [3.63, 3.8) is 0 Å². The Balaban J connectivity index is 0.00000230. The van der Waals surface area contributed by atoms with Crippen LogP contribution in [0.15, 0.2) is 65.7 Å². The van der Waals surface area contributed by atoms with Crippen molar-refractivity contribution in [3.05, 3.63) is 93.5 Å². The van der Waals surface area contributed by atoms with Crippen LogP contribution in [0, 0.1) is 6.92 Å². The second-order valence-electron chi connectivity index (χ2n) is 12.8. The molecule has 0 saturated carbocycles. The highest BCUT2D eigenvalue weighted by Gasteiger charge is 2.52. The van der Waals surface area contributed by atoms with Crippen LogP contribution in [0.2, 0.25) is 0 Å². The van der Waals surface area contributed by atoms with Crippen LogP contribution in [0.5, 0.6) is 46.0 Å². The maximum absolute atomic E-state index is 12.1. The van der Waals surface area contributed by atoms with Crippen molar-refractivity contribution in [2.75, 3.05) is 0 Å². The molecule has 12 heteroatoms. The first-order valence-corrected chi connectivity index (χ1v) is 16.0. The van der Waals surface area contributed by atoms with Gasteiger partial charge in [-0.3, -0.25) is 0 Å². The van der Waals surface area contributed by atoms with Crippen LogP contribution >= 0.6 is 0 Å². The number of allylic oxidation sites excluding steroid dienone is 3. The number of phenolic OH excluding ortho intramolecular Hbond substituents is 6. The molecular weight excluding hydrogens is 636 g/mol. The van der Waals surface area contributed by atoms with Crippen LogP contribution in [0.25, 0.3) is 0 Å². The molecule has 5 unspecified atom stereocenters. The van der Waals surface area contributed by atoms with Gasteiger partial charge in [0.15, 0.2) is 29.1 Å². The Labute approximate surface area is 283 Å². The summed E-state index contributed by atoms with van der Waals surface area (Å²) in [4.78, 5) is 0. The monoisotopic (exact) mass is 678 g/mol. The van der Waals surface area contributed by atoms with Crippen LogP contribution in [0.3, 0.4) is 0 Å². The summed E-state index contributed by atoms with van der Waals surface area (Å²) < 4.78 is 12.6. The van der Waals surface area contributed by atoms with E-state index in [1.54, 1.807) is 26.8 Å². The number of aliphatic hydroxyl groups excluding tert-OH is 4. The number of aromatic hydroxyl groups is 6. The number of rotatable bonds is 4. The van der Waals surface area contributed by atoms with E-state index >= 15 is 0 Å². The molecule has 0 spiro atoms. The summed E-state index contributed by atoms with van der Waals surface area (Å²) in [6.45, 7) is 8.92. The van der Waals surface area contributed by atoms with Crippen LogP contribution in [0.4, 0.5) is 0 Å². The summed E-state index contributed by atoms with van der Waals surface area (Å²) >= 11 is 0. The predicted octanol–water partition coefficient (Wildman–Crippen LogP) is 5.69. The normalized spacial score (nSPS) is 23.2. The first-order valence-electron chi connectivity index (χ1n) is 16.0. The molecule has 262 valence electrons. The minimum Gasteiger partial charge on any atom is -0.507 e. The molecule has 0 aromatic heterocycles. The fourth-order valence-corrected chi connectivity index (χ4v) is 7.04. The van der Waals surface area contributed by atoms with Crippen LogP contribution in [0.1, 0.15) is 74.0 Å². The van der Waals surface area contributed by atoms with Gasteiger partial charge in [0.1, 0.15) is 46.7 Å². The van der Waals surface area contributed by atoms with Crippen LogP contribution in [-0.2, 0) is 11.8 Å². The average Bonchev–Trinajstić information content (AvgIpc) is 3.21. The summed E-state index contributed by atoms with van der Waals surface area (Å²) in [5.41, 5.74) is -0.0451. The molecule has 10 N–H and O–H groups in total. The standard InChI is InChI=1S/C35H36O12.C2H6/c1-14-20(38)12-24(42)27-29(30(45)33(46-31(14)27)16-7-8-19(37)23(41)10-16)35(2,3)28-25(43)13-21(39)17-11-26(44)32(47-34(17)28)15-5-4-6-18(36)22(40)9-15;1-2/h4,6-10,12-13,26,29-30,32-33,36-45H,5,11H2,1-3H3;1-2H3. The van der Waals surface area contributed by atoms with E-state index in [1.807, 2.05) is 13.8 Å². The Hall–Kier alpha value is -5.20. The molecule has 6 rings (SSSR count). The van der Waals surface area contributed by atoms with Crippen molar-refractivity contribution in [1.29, 1.82) is 0 Å². The molecule has 3 aromatic carbocycles. The van der Waals surface area contributed by atoms with Crippen molar-refractivity contribution in [1.82, 2.24) is 0 Å². The van der Waals surface area contributed by atoms with Crippen molar-refractivity contribution < 1.29 is 60.5 Å². The third kappa shape index (κ3) is 5.91. The molecule has 0 radical (unpaired) electrons. The number of ether oxygens (including phenoxy) is 2. The fraction of sp³-hybridized carbons (Fsp3) is 0.351. The van der Waals surface area contributed by atoms with Gasteiger partial charge in [-0.2, -0.15) is 0 Å². The molecule has 0 amide bonds. The number of benzene rings is 3. The van der Waals surface area contributed by atoms with E-state index in [0.717, 1.165) is 12.1 Å². The Morgan fingerprint density at radius 3 is 2.04 bits per heavy atom. The highest BCUT2D eigenvalue weighted by atomic mass is 16.5. The van der Waals surface area contributed by atoms with Crippen LogP contribution in [-0.4, -0.2) is 69.4 Å². The van der Waals surface area contributed by atoms with Gasteiger partial charge in [-0.15, -0.1) is 0 Å². The Morgan fingerprint density at radius 2 is 1.37 bits per heavy atom. The SMILES string of the molecule is CC.Cc1c(O)cc(O)c2c1OC(c1ccc(O)c(O)c1)C(O)C2C(C)(C)c1c(O)cc(O)c2c1OC(C1=CC(O)=C(O)C=CC1)C(O)C2. The zero-order chi connectivity index (χ0) is 36.1. The van der Waals surface area contributed by atoms with Gasteiger partial charge in [0.25, 0.3) is 0 Å². The molecule has 5 atom stereocenters. The summed E-state index contributed by atoms with van der Waals surface area (Å²) in [6, 6.07) is 6.13.